The summed E-state index contributed by atoms with van der Waals surface area (Å²) in [6.45, 7) is 1.85. The van der Waals surface area contributed by atoms with E-state index in [0.717, 1.165) is 31.2 Å². The SMILES string of the molecule is Cc1ccc(NC(=O)C2CC2)cc1NC(=O)CNC(=O)C1CC1. The zero-order valence-corrected chi connectivity index (χ0v) is 13.1. The van der Waals surface area contributed by atoms with Crippen LogP contribution in [0.3, 0.4) is 0 Å². The number of benzene rings is 1. The highest BCUT2D eigenvalue weighted by atomic mass is 16.2. The van der Waals surface area contributed by atoms with E-state index in [0.29, 0.717) is 11.4 Å². The fourth-order valence-corrected chi connectivity index (χ4v) is 2.28. The summed E-state index contributed by atoms with van der Waals surface area (Å²) in [5.74, 6) is -0.0737. The number of hydrogen-bond acceptors (Lipinski definition) is 3. The Bertz CT molecular complexity index is 648. The highest BCUT2D eigenvalue weighted by Gasteiger charge is 2.30. The molecule has 3 N–H and O–H groups in total. The van der Waals surface area contributed by atoms with Crippen LogP contribution in [0.4, 0.5) is 11.4 Å². The van der Waals surface area contributed by atoms with Crippen LogP contribution in [-0.2, 0) is 14.4 Å². The maximum atomic E-state index is 12.0. The average Bonchev–Trinajstić information content (AvgIpc) is 3.40. The number of anilines is 2. The quantitative estimate of drug-likeness (QED) is 0.748. The molecule has 6 nitrogen and oxygen atoms in total. The van der Waals surface area contributed by atoms with Gasteiger partial charge in [0.2, 0.25) is 17.7 Å². The molecule has 3 amide bonds. The monoisotopic (exact) mass is 315 g/mol. The van der Waals surface area contributed by atoms with Crippen LogP contribution in [0.25, 0.3) is 0 Å². The van der Waals surface area contributed by atoms with Gasteiger partial charge in [0, 0.05) is 23.2 Å². The Morgan fingerprint density at radius 3 is 2.30 bits per heavy atom. The summed E-state index contributed by atoms with van der Waals surface area (Å²) in [5, 5.41) is 8.27. The van der Waals surface area contributed by atoms with Crippen molar-refractivity contribution >= 4 is 29.1 Å². The molecule has 0 aliphatic heterocycles. The second kappa shape index (κ2) is 6.40. The molecule has 6 heteroatoms. The molecule has 23 heavy (non-hydrogen) atoms. The maximum absolute atomic E-state index is 12.0. The fourth-order valence-electron chi connectivity index (χ4n) is 2.28. The van der Waals surface area contributed by atoms with Crippen LogP contribution in [-0.4, -0.2) is 24.3 Å². The third-order valence-electron chi connectivity index (χ3n) is 4.10. The lowest BCUT2D eigenvalue weighted by Gasteiger charge is -2.12. The van der Waals surface area contributed by atoms with Gasteiger partial charge in [0.05, 0.1) is 6.54 Å². The Labute approximate surface area is 135 Å². The van der Waals surface area contributed by atoms with Crippen molar-refractivity contribution in [2.45, 2.75) is 32.6 Å². The number of amides is 3. The van der Waals surface area contributed by atoms with Crippen LogP contribution >= 0.6 is 0 Å². The van der Waals surface area contributed by atoms with Gasteiger partial charge in [-0.1, -0.05) is 6.07 Å². The molecule has 122 valence electrons. The van der Waals surface area contributed by atoms with Crippen LogP contribution in [0.15, 0.2) is 18.2 Å². The minimum absolute atomic E-state index is 0.0304. The van der Waals surface area contributed by atoms with Crippen molar-refractivity contribution in [1.29, 1.82) is 0 Å². The van der Waals surface area contributed by atoms with Gasteiger partial charge in [0.1, 0.15) is 0 Å². The van der Waals surface area contributed by atoms with E-state index in [1.807, 2.05) is 19.1 Å². The number of carbonyl (C=O) groups is 3. The number of hydrogen-bond donors (Lipinski definition) is 3. The predicted molar refractivity (Wildman–Crippen MR) is 86.9 cm³/mol. The van der Waals surface area contributed by atoms with E-state index in [1.54, 1.807) is 6.07 Å². The van der Waals surface area contributed by atoms with Crippen LogP contribution in [0.1, 0.15) is 31.2 Å². The average molecular weight is 315 g/mol. The number of carbonyl (C=O) groups excluding carboxylic acids is 3. The molecule has 2 aliphatic rings. The van der Waals surface area contributed by atoms with Crippen molar-refractivity contribution in [3.8, 4) is 0 Å². The first kappa shape index (κ1) is 15.5. The molecule has 0 aromatic heterocycles. The van der Waals surface area contributed by atoms with Crippen LogP contribution in [0.2, 0.25) is 0 Å². The van der Waals surface area contributed by atoms with E-state index in [-0.39, 0.29) is 36.1 Å². The molecule has 0 heterocycles. The molecule has 2 saturated carbocycles. The summed E-state index contributed by atoms with van der Waals surface area (Å²) >= 11 is 0. The molecule has 3 rings (SSSR count). The van der Waals surface area contributed by atoms with Gasteiger partial charge in [-0.25, -0.2) is 0 Å². The van der Waals surface area contributed by atoms with Gasteiger partial charge in [0.25, 0.3) is 0 Å². The van der Waals surface area contributed by atoms with Crippen LogP contribution < -0.4 is 16.0 Å². The summed E-state index contributed by atoms with van der Waals surface area (Å²) in [7, 11) is 0. The number of rotatable bonds is 6. The fraction of sp³-hybridized carbons (Fsp3) is 0.471. The smallest absolute Gasteiger partial charge is 0.243 e. The van der Waals surface area contributed by atoms with Crippen LogP contribution in [0.5, 0.6) is 0 Å². The summed E-state index contributed by atoms with van der Waals surface area (Å²) in [6, 6.07) is 5.41. The Hall–Kier alpha value is -2.37. The van der Waals surface area contributed by atoms with E-state index in [1.165, 1.54) is 0 Å². The maximum Gasteiger partial charge on any atom is 0.243 e. The lowest BCUT2D eigenvalue weighted by Crippen LogP contribution is -2.33. The third kappa shape index (κ3) is 4.31. The molecule has 1 aromatic rings. The predicted octanol–water partition coefficient (Wildman–Crippen LogP) is 1.81. The second-order valence-corrected chi connectivity index (χ2v) is 6.33. The van der Waals surface area contributed by atoms with Gasteiger partial charge < -0.3 is 16.0 Å². The number of nitrogens with one attached hydrogen (secondary N) is 3. The first-order chi connectivity index (χ1) is 11.0. The van der Waals surface area contributed by atoms with Gasteiger partial charge in [-0.3, -0.25) is 14.4 Å². The Morgan fingerprint density at radius 1 is 1.00 bits per heavy atom. The van der Waals surface area contributed by atoms with Gasteiger partial charge in [-0.15, -0.1) is 0 Å². The topological polar surface area (TPSA) is 87.3 Å². The zero-order valence-electron chi connectivity index (χ0n) is 13.1. The van der Waals surface area contributed by atoms with Crippen molar-refractivity contribution < 1.29 is 14.4 Å². The highest BCUT2D eigenvalue weighted by Crippen LogP contribution is 2.31. The van der Waals surface area contributed by atoms with Gasteiger partial charge in [0.15, 0.2) is 0 Å². The molecular weight excluding hydrogens is 294 g/mol. The lowest BCUT2D eigenvalue weighted by molar-refractivity contribution is -0.125. The van der Waals surface area contributed by atoms with Crippen molar-refractivity contribution in [3.63, 3.8) is 0 Å². The van der Waals surface area contributed by atoms with Crippen molar-refractivity contribution in [2.75, 3.05) is 17.2 Å². The van der Waals surface area contributed by atoms with Crippen molar-refractivity contribution in [1.82, 2.24) is 5.32 Å². The largest absolute Gasteiger partial charge is 0.347 e. The Balaban J connectivity index is 1.55. The van der Waals surface area contributed by atoms with E-state index < -0.39 is 0 Å². The molecule has 0 bridgehead atoms. The highest BCUT2D eigenvalue weighted by molar-refractivity contribution is 5.98. The number of aryl methyl sites for hydroxylation is 1. The first-order valence-corrected chi connectivity index (χ1v) is 8.02. The van der Waals surface area contributed by atoms with Gasteiger partial charge >= 0.3 is 0 Å². The van der Waals surface area contributed by atoms with E-state index >= 15 is 0 Å². The lowest BCUT2D eigenvalue weighted by atomic mass is 10.1. The molecule has 1 aromatic carbocycles. The summed E-state index contributed by atoms with van der Waals surface area (Å²) in [4.78, 5) is 35.3. The molecule has 2 fully saturated rings. The summed E-state index contributed by atoms with van der Waals surface area (Å²) in [6.07, 6.45) is 3.72. The van der Waals surface area contributed by atoms with E-state index in [2.05, 4.69) is 16.0 Å². The molecule has 0 spiro atoms. The molecule has 0 radical (unpaired) electrons. The van der Waals surface area contributed by atoms with Crippen molar-refractivity contribution in [2.24, 2.45) is 11.8 Å². The van der Waals surface area contributed by atoms with E-state index in [4.69, 9.17) is 0 Å². The zero-order chi connectivity index (χ0) is 16.4. The Kier molecular flexibility index (Phi) is 4.32. The first-order valence-electron chi connectivity index (χ1n) is 8.02. The van der Waals surface area contributed by atoms with Gasteiger partial charge in [-0.05, 0) is 50.3 Å². The summed E-state index contributed by atoms with van der Waals surface area (Å²) < 4.78 is 0. The normalized spacial score (nSPS) is 16.6. The molecule has 0 saturated heterocycles. The third-order valence-corrected chi connectivity index (χ3v) is 4.10. The van der Waals surface area contributed by atoms with Crippen molar-refractivity contribution in [3.05, 3.63) is 23.8 Å². The minimum atomic E-state index is -0.271. The standard InChI is InChI=1S/C17H21N3O3/c1-10-2-7-13(19-17(23)12-5-6-12)8-14(10)20-15(21)9-18-16(22)11-3-4-11/h2,7-8,11-12H,3-6,9H2,1H3,(H,18,22)(H,19,23)(H,20,21). The molecule has 0 atom stereocenters. The molecule has 0 unspecified atom stereocenters. The van der Waals surface area contributed by atoms with Crippen LogP contribution in [0, 0.1) is 18.8 Å². The molecule has 2 aliphatic carbocycles. The second-order valence-electron chi connectivity index (χ2n) is 6.33. The van der Waals surface area contributed by atoms with Gasteiger partial charge in [-0.2, -0.15) is 0 Å². The summed E-state index contributed by atoms with van der Waals surface area (Å²) in [5.41, 5.74) is 2.21. The Morgan fingerprint density at radius 2 is 1.65 bits per heavy atom. The van der Waals surface area contributed by atoms with E-state index in [9.17, 15) is 14.4 Å². The molecular formula is C17H21N3O3. The minimum Gasteiger partial charge on any atom is -0.347 e.